The fourth-order valence-corrected chi connectivity index (χ4v) is 3.41. The van der Waals surface area contributed by atoms with Gasteiger partial charge < -0.3 is 5.32 Å². The van der Waals surface area contributed by atoms with Gasteiger partial charge in [-0.3, -0.25) is 9.80 Å². The molecule has 1 saturated heterocycles. The van der Waals surface area contributed by atoms with Gasteiger partial charge >= 0.3 is 0 Å². The van der Waals surface area contributed by atoms with Crippen LogP contribution in [-0.2, 0) is 6.54 Å². The van der Waals surface area contributed by atoms with Crippen LogP contribution in [0.15, 0.2) is 42.7 Å². The van der Waals surface area contributed by atoms with Gasteiger partial charge in [0.15, 0.2) is 0 Å². The number of benzene rings is 1. The van der Waals surface area contributed by atoms with E-state index in [-0.39, 0.29) is 0 Å². The standard InChI is InChI=1S/C19H25N7/c1-16-13-18(26-19(23-16)21-15-22-26)20-7-8-24-9-11-25(12-10-24)14-17-5-3-2-4-6-17/h2-6,13,15,20H,7-12,14H2,1H3. The molecule has 0 amide bonds. The fraction of sp³-hybridized carbons (Fsp3) is 0.421. The molecule has 3 aromatic rings. The summed E-state index contributed by atoms with van der Waals surface area (Å²) >= 11 is 0. The third-order valence-electron chi connectivity index (χ3n) is 4.83. The highest BCUT2D eigenvalue weighted by Gasteiger charge is 2.16. The Morgan fingerprint density at radius 2 is 1.81 bits per heavy atom. The number of anilines is 1. The summed E-state index contributed by atoms with van der Waals surface area (Å²) in [5.41, 5.74) is 2.34. The third kappa shape index (κ3) is 4.00. The van der Waals surface area contributed by atoms with E-state index in [0.717, 1.165) is 57.3 Å². The van der Waals surface area contributed by atoms with E-state index in [1.165, 1.54) is 5.56 Å². The van der Waals surface area contributed by atoms with Gasteiger partial charge in [0.25, 0.3) is 5.78 Å². The molecular formula is C19H25N7. The molecule has 2 aromatic heterocycles. The highest BCUT2D eigenvalue weighted by atomic mass is 15.4. The lowest BCUT2D eigenvalue weighted by atomic mass is 10.2. The highest BCUT2D eigenvalue weighted by Crippen LogP contribution is 2.11. The minimum absolute atomic E-state index is 0.641. The van der Waals surface area contributed by atoms with E-state index < -0.39 is 0 Å². The topological polar surface area (TPSA) is 61.6 Å². The van der Waals surface area contributed by atoms with Crippen LogP contribution in [0.25, 0.3) is 5.78 Å². The van der Waals surface area contributed by atoms with Crippen LogP contribution in [0.1, 0.15) is 11.3 Å². The van der Waals surface area contributed by atoms with Gasteiger partial charge in [-0.25, -0.2) is 4.98 Å². The van der Waals surface area contributed by atoms with Crippen molar-refractivity contribution >= 4 is 11.6 Å². The van der Waals surface area contributed by atoms with Crippen molar-refractivity contribution in [1.82, 2.24) is 29.4 Å². The average Bonchev–Trinajstić information content (AvgIpc) is 3.12. The second kappa shape index (κ2) is 7.80. The lowest BCUT2D eigenvalue weighted by molar-refractivity contribution is 0.130. The Morgan fingerprint density at radius 3 is 2.62 bits per heavy atom. The van der Waals surface area contributed by atoms with Crippen molar-refractivity contribution in [1.29, 1.82) is 0 Å². The van der Waals surface area contributed by atoms with Gasteiger partial charge in [-0.05, 0) is 12.5 Å². The minimum Gasteiger partial charge on any atom is -0.369 e. The van der Waals surface area contributed by atoms with Crippen LogP contribution < -0.4 is 5.32 Å². The van der Waals surface area contributed by atoms with Gasteiger partial charge in [0, 0.05) is 57.6 Å². The van der Waals surface area contributed by atoms with Crippen molar-refractivity contribution < 1.29 is 0 Å². The lowest BCUT2D eigenvalue weighted by Crippen LogP contribution is -2.47. The van der Waals surface area contributed by atoms with Gasteiger partial charge in [-0.15, -0.1) is 0 Å². The lowest BCUT2D eigenvalue weighted by Gasteiger charge is -2.34. The van der Waals surface area contributed by atoms with Crippen LogP contribution in [0.4, 0.5) is 5.82 Å². The van der Waals surface area contributed by atoms with E-state index in [4.69, 9.17) is 0 Å². The summed E-state index contributed by atoms with van der Waals surface area (Å²) < 4.78 is 1.75. The summed E-state index contributed by atoms with van der Waals surface area (Å²) in [5, 5.41) is 7.71. The maximum atomic E-state index is 4.37. The summed E-state index contributed by atoms with van der Waals surface area (Å²) in [6.45, 7) is 9.41. The van der Waals surface area contributed by atoms with Gasteiger partial charge in [-0.2, -0.15) is 14.6 Å². The number of fused-ring (bicyclic) bond motifs is 1. The molecule has 1 aliphatic rings. The predicted octanol–water partition coefficient (Wildman–Crippen LogP) is 1.66. The van der Waals surface area contributed by atoms with Crippen LogP contribution in [0.3, 0.4) is 0 Å². The molecule has 7 nitrogen and oxygen atoms in total. The first-order valence-corrected chi connectivity index (χ1v) is 9.18. The molecule has 3 heterocycles. The van der Waals surface area contributed by atoms with Crippen molar-refractivity contribution in [3.63, 3.8) is 0 Å². The summed E-state index contributed by atoms with van der Waals surface area (Å²) in [6, 6.07) is 12.7. The third-order valence-corrected chi connectivity index (χ3v) is 4.83. The summed E-state index contributed by atoms with van der Waals surface area (Å²) in [7, 11) is 0. The van der Waals surface area contributed by atoms with Crippen molar-refractivity contribution in [3.8, 4) is 0 Å². The molecule has 0 bridgehead atoms. The number of rotatable bonds is 6. The first-order valence-electron chi connectivity index (χ1n) is 9.18. The monoisotopic (exact) mass is 351 g/mol. The van der Waals surface area contributed by atoms with E-state index in [9.17, 15) is 0 Å². The van der Waals surface area contributed by atoms with Crippen molar-refractivity contribution in [2.24, 2.45) is 0 Å². The van der Waals surface area contributed by atoms with Crippen molar-refractivity contribution in [3.05, 3.63) is 54.0 Å². The first kappa shape index (κ1) is 16.9. The molecule has 7 heteroatoms. The first-order chi connectivity index (χ1) is 12.8. The zero-order valence-electron chi connectivity index (χ0n) is 15.2. The van der Waals surface area contributed by atoms with Crippen LogP contribution in [-0.4, -0.2) is 68.7 Å². The van der Waals surface area contributed by atoms with Gasteiger partial charge in [-0.1, -0.05) is 30.3 Å². The Morgan fingerprint density at radius 1 is 1.04 bits per heavy atom. The van der Waals surface area contributed by atoms with Crippen LogP contribution in [0.5, 0.6) is 0 Å². The highest BCUT2D eigenvalue weighted by molar-refractivity contribution is 5.44. The summed E-state index contributed by atoms with van der Waals surface area (Å²) in [6.07, 6.45) is 1.54. The normalized spacial score (nSPS) is 16.2. The number of piperazine rings is 1. The number of nitrogens with one attached hydrogen (secondary N) is 1. The number of aromatic nitrogens is 4. The summed E-state index contributed by atoms with van der Waals surface area (Å²) in [4.78, 5) is 13.6. The molecule has 0 atom stereocenters. The van der Waals surface area contributed by atoms with E-state index in [2.05, 4.69) is 60.5 Å². The van der Waals surface area contributed by atoms with Gasteiger partial charge in [0.05, 0.1) is 0 Å². The molecule has 0 spiro atoms. The quantitative estimate of drug-likeness (QED) is 0.729. The average molecular weight is 351 g/mol. The molecular weight excluding hydrogens is 326 g/mol. The van der Waals surface area contributed by atoms with Crippen molar-refractivity contribution in [2.75, 3.05) is 44.6 Å². The van der Waals surface area contributed by atoms with Gasteiger partial charge in [0.2, 0.25) is 0 Å². The Hall–Kier alpha value is -2.51. The molecule has 0 saturated carbocycles. The second-order valence-electron chi connectivity index (χ2n) is 6.78. The molecule has 1 N–H and O–H groups in total. The van der Waals surface area contributed by atoms with E-state index in [1.54, 1.807) is 10.8 Å². The zero-order chi connectivity index (χ0) is 17.8. The Kier molecular flexibility index (Phi) is 5.08. The fourth-order valence-electron chi connectivity index (χ4n) is 3.41. The zero-order valence-corrected chi connectivity index (χ0v) is 15.2. The second-order valence-corrected chi connectivity index (χ2v) is 6.78. The van der Waals surface area contributed by atoms with Crippen molar-refractivity contribution in [2.45, 2.75) is 13.5 Å². The van der Waals surface area contributed by atoms with Crippen LogP contribution in [0.2, 0.25) is 0 Å². The Labute approximate surface area is 153 Å². The molecule has 0 radical (unpaired) electrons. The number of nitrogens with zero attached hydrogens (tertiary/aromatic N) is 6. The van der Waals surface area contributed by atoms with E-state index in [0.29, 0.717) is 5.78 Å². The van der Waals surface area contributed by atoms with Crippen LogP contribution in [0, 0.1) is 6.92 Å². The molecule has 1 fully saturated rings. The SMILES string of the molecule is Cc1cc(NCCN2CCN(Cc3ccccc3)CC2)n2ncnc2n1. The molecule has 1 aromatic carbocycles. The van der Waals surface area contributed by atoms with E-state index in [1.807, 2.05) is 13.0 Å². The molecule has 1 aliphatic heterocycles. The smallest absolute Gasteiger partial charge is 0.254 e. The number of hydrogen-bond donors (Lipinski definition) is 1. The Bertz CT molecular complexity index is 837. The largest absolute Gasteiger partial charge is 0.369 e. The predicted molar refractivity (Wildman–Crippen MR) is 102 cm³/mol. The van der Waals surface area contributed by atoms with Crippen LogP contribution >= 0.6 is 0 Å². The summed E-state index contributed by atoms with van der Waals surface area (Å²) in [5.74, 6) is 1.59. The molecule has 4 rings (SSSR count). The molecule has 0 unspecified atom stereocenters. The maximum Gasteiger partial charge on any atom is 0.254 e. The molecule has 26 heavy (non-hydrogen) atoms. The van der Waals surface area contributed by atoms with Gasteiger partial charge in [0.1, 0.15) is 12.1 Å². The number of hydrogen-bond acceptors (Lipinski definition) is 6. The maximum absolute atomic E-state index is 4.37. The molecule has 136 valence electrons. The number of aryl methyl sites for hydroxylation is 1. The molecule has 0 aliphatic carbocycles. The van der Waals surface area contributed by atoms with E-state index >= 15 is 0 Å². The minimum atomic E-state index is 0.641. The Balaban J connectivity index is 1.24.